The molecule has 0 N–H and O–H groups in total. The molecule has 0 aliphatic carbocycles. The predicted molar refractivity (Wildman–Crippen MR) is 74.1 cm³/mol. The number of aromatic nitrogens is 4. The van der Waals surface area contributed by atoms with Crippen LogP contribution in [-0.4, -0.2) is 33.1 Å². The highest BCUT2D eigenvalue weighted by atomic mass is 32.2. The van der Waals surface area contributed by atoms with Crippen LogP contribution in [0.5, 0.6) is 5.75 Å². The van der Waals surface area contributed by atoms with Gasteiger partial charge in [-0.25, -0.2) is 14.6 Å². The molecule has 0 unspecified atom stereocenters. The van der Waals surface area contributed by atoms with E-state index >= 15 is 0 Å². The van der Waals surface area contributed by atoms with Crippen molar-refractivity contribution >= 4 is 11.8 Å². The van der Waals surface area contributed by atoms with Gasteiger partial charge in [-0.05, 0) is 30.5 Å². The maximum atomic E-state index is 5.43. The summed E-state index contributed by atoms with van der Waals surface area (Å²) in [6.45, 7) is 0. The molecule has 1 aromatic carbocycles. The van der Waals surface area contributed by atoms with Gasteiger partial charge in [-0.2, -0.15) is 0 Å². The number of rotatable bonds is 3. The molecule has 5 nitrogen and oxygen atoms in total. The number of nitrogens with zero attached hydrogens (tertiary/aromatic N) is 4. The molecule has 0 fully saturated rings. The molecule has 0 saturated heterocycles. The van der Waals surface area contributed by atoms with Gasteiger partial charge in [-0.1, -0.05) is 0 Å². The molecule has 0 amide bonds. The van der Waals surface area contributed by atoms with E-state index in [1.54, 1.807) is 23.6 Å². The van der Waals surface area contributed by atoms with Crippen LogP contribution in [0.2, 0.25) is 0 Å². The van der Waals surface area contributed by atoms with E-state index in [1.807, 2.05) is 36.7 Å². The number of benzene rings is 1. The molecule has 2 heterocycles. The molecule has 0 bridgehead atoms. The van der Waals surface area contributed by atoms with Gasteiger partial charge in [0.05, 0.1) is 7.11 Å². The second-order valence-electron chi connectivity index (χ2n) is 3.88. The second kappa shape index (κ2) is 4.89. The van der Waals surface area contributed by atoms with Gasteiger partial charge < -0.3 is 4.74 Å². The SMILES string of the molecule is COc1cc(SC)ccc1-n1ccc2ncnc-2n1. The van der Waals surface area contributed by atoms with Crippen LogP contribution in [0.15, 0.2) is 41.7 Å². The highest BCUT2D eigenvalue weighted by Gasteiger charge is 2.11. The lowest BCUT2D eigenvalue weighted by Gasteiger charge is -2.12. The van der Waals surface area contributed by atoms with Gasteiger partial charge in [0.2, 0.25) is 0 Å². The summed E-state index contributed by atoms with van der Waals surface area (Å²) in [6.07, 6.45) is 5.40. The van der Waals surface area contributed by atoms with Crippen molar-refractivity contribution in [2.45, 2.75) is 4.90 Å². The topological polar surface area (TPSA) is 52.8 Å². The highest BCUT2D eigenvalue weighted by molar-refractivity contribution is 7.98. The number of methoxy groups -OCH3 is 1. The Hall–Kier alpha value is -2.08. The van der Waals surface area contributed by atoms with Crippen molar-refractivity contribution in [2.75, 3.05) is 13.4 Å². The van der Waals surface area contributed by atoms with Gasteiger partial charge >= 0.3 is 0 Å². The fraction of sp³-hybridized carbons (Fsp3) is 0.154. The van der Waals surface area contributed by atoms with Crippen LogP contribution in [0.4, 0.5) is 0 Å². The van der Waals surface area contributed by atoms with Crippen molar-refractivity contribution in [1.29, 1.82) is 0 Å². The molecular formula is C13H12N4OS. The molecule has 19 heavy (non-hydrogen) atoms. The van der Waals surface area contributed by atoms with Crippen LogP contribution >= 0.6 is 11.8 Å². The average molecular weight is 272 g/mol. The largest absolute Gasteiger partial charge is 0.494 e. The lowest BCUT2D eigenvalue weighted by Crippen LogP contribution is -2.04. The summed E-state index contributed by atoms with van der Waals surface area (Å²) in [7, 11) is 1.66. The number of hydrogen-bond acceptors (Lipinski definition) is 5. The van der Waals surface area contributed by atoms with Crippen molar-refractivity contribution in [3.8, 4) is 23.0 Å². The Balaban J connectivity index is 2.13. The molecule has 0 aromatic heterocycles. The molecule has 0 spiro atoms. The third kappa shape index (κ3) is 2.15. The summed E-state index contributed by atoms with van der Waals surface area (Å²) < 4.78 is 7.18. The summed E-state index contributed by atoms with van der Waals surface area (Å²) in [4.78, 5) is 9.36. The quantitative estimate of drug-likeness (QED) is 0.686. The minimum Gasteiger partial charge on any atom is -0.494 e. The third-order valence-corrected chi connectivity index (χ3v) is 3.54. The molecule has 96 valence electrons. The van der Waals surface area contributed by atoms with Crippen molar-refractivity contribution in [1.82, 2.24) is 19.7 Å². The monoisotopic (exact) mass is 272 g/mol. The Morgan fingerprint density at radius 1 is 1.21 bits per heavy atom. The minimum absolute atomic E-state index is 0.624. The summed E-state index contributed by atoms with van der Waals surface area (Å²) in [5.41, 5.74) is 1.67. The Morgan fingerprint density at radius 3 is 2.89 bits per heavy atom. The van der Waals surface area contributed by atoms with E-state index in [0.29, 0.717) is 5.82 Å². The van der Waals surface area contributed by atoms with Crippen molar-refractivity contribution in [3.05, 3.63) is 36.8 Å². The first-order chi connectivity index (χ1) is 9.31. The lowest BCUT2D eigenvalue weighted by atomic mass is 10.3. The van der Waals surface area contributed by atoms with Gasteiger partial charge in [-0.15, -0.1) is 16.9 Å². The van der Waals surface area contributed by atoms with E-state index in [2.05, 4.69) is 15.1 Å². The van der Waals surface area contributed by atoms with Gasteiger partial charge in [0.1, 0.15) is 23.5 Å². The molecule has 2 aliphatic heterocycles. The molecule has 6 heteroatoms. The molecule has 0 radical (unpaired) electrons. The van der Waals surface area contributed by atoms with E-state index in [4.69, 9.17) is 4.74 Å². The summed E-state index contributed by atoms with van der Waals surface area (Å²) in [5, 5.41) is 4.43. The smallest absolute Gasteiger partial charge is 0.200 e. The van der Waals surface area contributed by atoms with Crippen LogP contribution < -0.4 is 4.74 Å². The molecule has 2 aliphatic rings. The van der Waals surface area contributed by atoms with Gasteiger partial charge in [0.15, 0.2) is 5.82 Å². The first-order valence-corrected chi connectivity index (χ1v) is 6.93. The molecular weight excluding hydrogens is 260 g/mol. The first-order valence-electron chi connectivity index (χ1n) is 5.70. The van der Waals surface area contributed by atoms with E-state index in [1.165, 1.54) is 6.33 Å². The number of fused-ring (bicyclic) bond motifs is 1. The maximum Gasteiger partial charge on any atom is 0.200 e. The highest BCUT2D eigenvalue weighted by Crippen LogP contribution is 2.28. The average Bonchev–Trinajstić information content (AvgIpc) is 2.93. The molecule has 0 saturated carbocycles. The lowest BCUT2D eigenvalue weighted by molar-refractivity contribution is 0.410. The molecule has 0 atom stereocenters. The standard InChI is InChI=1S/C13H12N4OS/c1-18-12-7-9(19-2)3-4-11(12)17-6-5-10-13(16-17)15-8-14-10/h3-8H,1-2H3. The Kier molecular flexibility index (Phi) is 3.08. The zero-order chi connectivity index (χ0) is 13.2. The summed E-state index contributed by atoms with van der Waals surface area (Å²) in [6, 6.07) is 7.91. The van der Waals surface area contributed by atoms with Crippen LogP contribution in [0.25, 0.3) is 17.2 Å². The zero-order valence-electron chi connectivity index (χ0n) is 10.6. The number of thioether (sulfide) groups is 1. The Labute approximate surface area is 115 Å². The van der Waals surface area contributed by atoms with Crippen LogP contribution in [0.1, 0.15) is 0 Å². The summed E-state index contributed by atoms with van der Waals surface area (Å²) >= 11 is 1.67. The molecule has 1 aromatic rings. The fourth-order valence-corrected chi connectivity index (χ4v) is 2.28. The Bertz CT molecular complexity index is 682. The normalized spacial score (nSPS) is 10.8. The predicted octanol–water partition coefficient (Wildman–Crippen LogP) is 2.50. The first kappa shape index (κ1) is 12.0. The van der Waals surface area contributed by atoms with Gasteiger partial charge in [0.25, 0.3) is 0 Å². The van der Waals surface area contributed by atoms with Crippen LogP contribution in [0, 0.1) is 0 Å². The van der Waals surface area contributed by atoms with E-state index in [-0.39, 0.29) is 0 Å². The van der Waals surface area contributed by atoms with Crippen molar-refractivity contribution in [3.63, 3.8) is 0 Å². The fourth-order valence-electron chi connectivity index (χ4n) is 1.85. The van der Waals surface area contributed by atoms with Crippen LogP contribution in [-0.2, 0) is 0 Å². The summed E-state index contributed by atoms with van der Waals surface area (Å²) in [5.74, 6) is 1.40. The third-order valence-electron chi connectivity index (χ3n) is 2.82. The molecule has 3 rings (SSSR count). The zero-order valence-corrected chi connectivity index (χ0v) is 11.4. The second-order valence-corrected chi connectivity index (χ2v) is 4.76. The van der Waals surface area contributed by atoms with E-state index in [0.717, 1.165) is 22.0 Å². The van der Waals surface area contributed by atoms with Gasteiger partial charge in [-0.3, -0.25) is 0 Å². The van der Waals surface area contributed by atoms with E-state index < -0.39 is 0 Å². The van der Waals surface area contributed by atoms with Crippen molar-refractivity contribution < 1.29 is 4.74 Å². The minimum atomic E-state index is 0.624. The maximum absolute atomic E-state index is 5.43. The van der Waals surface area contributed by atoms with E-state index in [9.17, 15) is 0 Å². The van der Waals surface area contributed by atoms with Crippen molar-refractivity contribution in [2.24, 2.45) is 0 Å². The van der Waals surface area contributed by atoms with Crippen LogP contribution in [0.3, 0.4) is 0 Å². The number of hydrogen-bond donors (Lipinski definition) is 0. The number of ether oxygens (including phenoxy) is 1. The number of imidazole rings is 1. The Morgan fingerprint density at radius 2 is 2.11 bits per heavy atom. The van der Waals surface area contributed by atoms with Gasteiger partial charge in [0, 0.05) is 11.1 Å².